The smallest absolute Gasteiger partial charge is 0.237 e. The molecule has 0 bridgehead atoms. The van der Waals surface area contributed by atoms with Gasteiger partial charge < -0.3 is 11.1 Å². The van der Waals surface area contributed by atoms with Crippen LogP contribution in [0.2, 0.25) is 0 Å². The van der Waals surface area contributed by atoms with E-state index in [0.717, 1.165) is 12.8 Å². The maximum absolute atomic E-state index is 12.3. The van der Waals surface area contributed by atoms with E-state index in [1.807, 2.05) is 18.2 Å². The van der Waals surface area contributed by atoms with Crippen molar-refractivity contribution in [3.63, 3.8) is 0 Å². The lowest BCUT2D eigenvalue weighted by Crippen LogP contribution is -2.47. The van der Waals surface area contributed by atoms with Crippen LogP contribution in [0.5, 0.6) is 0 Å². The average molecular weight is 288 g/mol. The summed E-state index contributed by atoms with van der Waals surface area (Å²) in [6.07, 6.45) is 7.66. The molecule has 0 spiro atoms. The monoisotopic (exact) mass is 288 g/mol. The molecule has 1 amide bonds. The molecule has 21 heavy (non-hydrogen) atoms. The molecule has 0 saturated heterocycles. The fourth-order valence-electron chi connectivity index (χ4n) is 3.10. The fraction of sp³-hybridized carbons (Fsp3) is 0.611. The molecule has 3 nitrogen and oxygen atoms in total. The van der Waals surface area contributed by atoms with Crippen LogP contribution in [-0.4, -0.2) is 18.0 Å². The van der Waals surface area contributed by atoms with Gasteiger partial charge in [0.25, 0.3) is 0 Å². The Morgan fingerprint density at radius 1 is 1.24 bits per heavy atom. The number of nitrogens with one attached hydrogen (secondary N) is 1. The summed E-state index contributed by atoms with van der Waals surface area (Å²) in [5.74, 6) is 0.586. The van der Waals surface area contributed by atoms with Crippen LogP contribution in [0.15, 0.2) is 30.3 Å². The van der Waals surface area contributed by atoms with Crippen molar-refractivity contribution >= 4 is 5.91 Å². The highest BCUT2D eigenvalue weighted by molar-refractivity contribution is 5.81. The van der Waals surface area contributed by atoms with E-state index in [9.17, 15) is 4.79 Å². The summed E-state index contributed by atoms with van der Waals surface area (Å²) in [4.78, 5) is 12.3. The number of carbonyl (C=O) groups is 1. The zero-order chi connectivity index (χ0) is 15.1. The van der Waals surface area contributed by atoms with Gasteiger partial charge in [-0.3, -0.25) is 4.79 Å². The van der Waals surface area contributed by atoms with E-state index < -0.39 is 6.04 Å². The van der Waals surface area contributed by atoms with Crippen molar-refractivity contribution in [2.45, 2.75) is 64.0 Å². The number of benzene rings is 1. The topological polar surface area (TPSA) is 55.1 Å². The number of nitrogens with two attached hydrogens (primary N) is 1. The van der Waals surface area contributed by atoms with Crippen LogP contribution in [0, 0.1) is 5.92 Å². The van der Waals surface area contributed by atoms with Crippen molar-refractivity contribution in [2.75, 3.05) is 0 Å². The van der Waals surface area contributed by atoms with Gasteiger partial charge >= 0.3 is 0 Å². The number of hydrogen-bond acceptors (Lipinski definition) is 2. The molecule has 1 aromatic carbocycles. The van der Waals surface area contributed by atoms with Gasteiger partial charge in [-0.1, -0.05) is 56.5 Å². The van der Waals surface area contributed by atoms with Crippen molar-refractivity contribution in [3.8, 4) is 0 Å². The molecule has 1 aromatic rings. The second kappa shape index (κ2) is 8.18. The molecule has 0 aliphatic heterocycles. The van der Waals surface area contributed by atoms with Gasteiger partial charge in [-0.15, -0.1) is 0 Å². The molecule has 2 unspecified atom stereocenters. The summed E-state index contributed by atoms with van der Waals surface area (Å²) in [5.41, 5.74) is 7.29. The third-order valence-electron chi connectivity index (χ3n) is 4.61. The van der Waals surface area contributed by atoms with E-state index in [2.05, 4.69) is 24.4 Å². The van der Waals surface area contributed by atoms with Crippen molar-refractivity contribution in [1.29, 1.82) is 0 Å². The van der Waals surface area contributed by atoms with Crippen molar-refractivity contribution in [2.24, 2.45) is 11.7 Å². The van der Waals surface area contributed by atoms with Crippen LogP contribution in [0.3, 0.4) is 0 Å². The molecule has 3 atom stereocenters. The number of carbonyl (C=O) groups excluding carboxylic acids is 1. The number of aryl methyl sites for hydroxylation is 1. The number of amides is 1. The normalized spacial score (nSPS) is 24.1. The van der Waals surface area contributed by atoms with Gasteiger partial charge in [-0.05, 0) is 37.2 Å². The Bertz CT molecular complexity index is 432. The Labute approximate surface area is 128 Å². The van der Waals surface area contributed by atoms with Gasteiger partial charge in [0.2, 0.25) is 5.91 Å². The third-order valence-corrected chi connectivity index (χ3v) is 4.61. The molecule has 2 rings (SSSR count). The molecule has 3 N–H and O–H groups in total. The van der Waals surface area contributed by atoms with E-state index in [1.165, 1.54) is 31.2 Å². The van der Waals surface area contributed by atoms with Crippen LogP contribution in [0.1, 0.15) is 51.0 Å². The second-order valence-electron chi connectivity index (χ2n) is 6.36. The van der Waals surface area contributed by atoms with Crippen LogP contribution < -0.4 is 11.1 Å². The molecule has 116 valence electrons. The Kier molecular flexibility index (Phi) is 6.24. The number of hydrogen-bond donors (Lipinski definition) is 2. The lowest BCUT2D eigenvalue weighted by atomic mass is 9.96. The Balaban J connectivity index is 1.79. The summed E-state index contributed by atoms with van der Waals surface area (Å²) < 4.78 is 0. The zero-order valence-electron chi connectivity index (χ0n) is 13.1. The molecule has 1 aliphatic rings. The Morgan fingerprint density at radius 3 is 2.71 bits per heavy atom. The van der Waals surface area contributed by atoms with E-state index >= 15 is 0 Å². The highest BCUT2D eigenvalue weighted by Crippen LogP contribution is 2.23. The fourth-order valence-corrected chi connectivity index (χ4v) is 3.10. The Morgan fingerprint density at radius 2 is 1.95 bits per heavy atom. The standard InChI is InChI=1S/C18H28N2O/c1-14-8-4-2-7-11-17(14)20-18(21)16(19)13-12-15-9-5-3-6-10-15/h3,5-6,9-10,14,16-17H,2,4,7-8,11-13,19H2,1H3,(H,20,21)/t14?,16-,17?/m0/s1. The molecule has 1 fully saturated rings. The average Bonchev–Trinajstić information content (AvgIpc) is 2.71. The third kappa shape index (κ3) is 5.16. The van der Waals surface area contributed by atoms with Gasteiger partial charge in [0.05, 0.1) is 6.04 Å². The second-order valence-corrected chi connectivity index (χ2v) is 6.36. The van der Waals surface area contributed by atoms with Gasteiger partial charge in [0, 0.05) is 6.04 Å². The molecular weight excluding hydrogens is 260 g/mol. The summed E-state index contributed by atoms with van der Waals surface area (Å²) in [6.45, 7) is 2.24. The first-order valence-corrected chi connectivity index (χ1v) is 8.26. The zero-order valence-corrected chi connectivity index (χ0v) is 13.1. The molecular formula is C18H28N2O. The first-order valence-electron chi connectivity index (χ1n) is 8.26. The first-order chi connectivity index (χ1) is 10.2. The summed E-state index contributed by atoms with van der Waals surface area (Å²) in [5, 5.41) is 3.18. The van der Waals surface area contributed by atoms with Crippen molar-refractivity contribution < 1.29 is 4.79 Å². The van der Waals surface area contributed by atoms with E-state index in [4.69, 9.17) is 5.73 Å². The maximum atomic E-state index is 12.3. The minimum Gasteiger partial charge on any atom is -0.352 e. The van der Waals surface area contributed by atoms with Crippen molar-refractivity contribution in [3.05, 3.63) is 35.9 Å². The summed E-state index contributed by atoms with van der Waals surface area (Å²) in [6, 6.07) is 10.1. The molecule has 0 aromatic heterocycles. The SMILES string of the molecule is CC1CCCCCC1NC(=O)[C@@H](N)CCc1ccccc1. The van der Waals surface area contributed by atoms with Crippen LogP contribution in [0.4, 0.5) is 0 Å². The highest BCUT2D eigenvalue weighted by Gasteiger charge is 2.23. The quantitative estimate of drug-likeness (QED) is 0.818. The van der Waals surface area contributed by atoms with E-state index in [1.54, 1.807) is 0 Å². The van der Waals surface area contributed by atoms with Gasteiger partial charge in [-0.25, -0.2) is 0 Å². The molecule has 0 heterocycles. The number of rotatable bonds is 5. The van der Waals surface area contributed by atoms with Crippen molar-refractivity contribution in [1.82, 2.24) is 5.32 Å². The predicted molar refractivity (Wildman–Crippen MR) is 86.9 cm³/mol. The summed E-state index contributed by atoms with van der Waals surface area (Å²) in [7, 11) is 0. The first kappa shape index (κ1) is 16.0. The van der Waals surface area contributed by atoms with Gasteiger partial charge in [0.15, 0.2) is 0 Å². The van der Waals surface area contributed by atoms with E-state index in [-0.39, 0.29) is 5.91 Å². The lowest BCUT2D eigenvalue weighted by molar-refractivity contribution is -0.123. The minimum absolute atomic E-state index is 0.0182. The molecule has 3 heteroatoms. The molecule has 1 saturated carbocycles. The molecule has 1 aliphatic carbocycles. The Hall–Kier alpha value is -1.35. The molecule has 0 radical (unpaired) electrons. The van der Waals surface area contributed by atoms with E-state index in [0.29, 0.717) is 18.4 Å². The lowest BCUT2D eigenvalue weighted by Gasteiger charge is -2.24. The van der Waals surface area contributed by atoms with Gasteiger partial charge in [-0.2, -0.15) is 0 Å². The van der Waals surface area contributed by atoms with Crippen LogP contribution in [-0.2, 0) is 11.2 Å². The maximum Gasteiger partial charge on any atom is 0.237 e. The largest absolute Gasteiger partial charge is 0.352 e. The highest BCUT2D eigenvalue weighted by atomic mass is 16.2. The summed E-state index contributed by atoms with van der Waals surface area (Å²) >= 11 is 0. The minimum atomic E-state index is -0.402. The van der Waals surface area contributed by atoms with Crippen LogP contribution in [0.25, 0.3) is 0 Å². The predicted octanol–water partition coefficient (Wildman–Crippen LogP) is 3.03. The van der Waals surface area contributed by atoms with Gasteiger partial charge in [0.1, 0.15) is 0 Å². The van der Waals surface area contributed by atoms with Crippen LogP contribution >= 0.6 is 0 Å².